The fourth-order valence-corrected chi connectivity index (χ4v) is 4.62. The number of pyridine rings is 1. The molecular weight excluding hydrogens is 530 g/mol. The Hall–Kier alpha value is -3.81. The fourth-order valence-electron chi connectivity index (χ4n) is 4.20. The number of hydrogen-bond donors (Lipinski definition) is 0. The predicted molar refractivity (Wildman–Crippen MR) is 155 cm³/mol. The van der Waals surface area contributed by atoms with E-state index in [1.54, 1.807) is 0 Å². The topological polar surface area (TPSA) is 70.3 Å². The molecular formula is C32H28ClNO4S. The monoisotopic (exact) mass is 557 g/mol. The number of nitrogens with zero attached hydrogens (tertiary/aromatic N) is 1. The van der Waals surface area contributed by atoms with E-state index in [2.05, 4.69) is 124 Å². The Balaban J connectivity index is 0.000000448. The van der Waals surface area contributed by atoms with E-state index in [-0.39, 0.29) is 6.61 Å². The second-order valence-corrected chi connectivity index (χ2v) is 10.1. The van der Waals surface area contributed by atoms with Crippen molar-refractivity contribution >= 4 is 22.0 Å². The maximum atomic E-state index is 9.45. The lowest BCUT2D eigenvalue weighted by molar-refractivity contribution is -0.666. The second kappa shape index (κ2) is 13.3. The van der Waals surface area contributed by atoms with Gasteiger partial charge in [-0.15, -0.1) is 0 Å². The lowest BCUT2D eigenvalue weighted by atomic mass is 9.98. The van der Waals surface area contributed by atoms with E-state index in [1.807, 2.05) is 12.1 Å². The Labute approximate surface area is 234 Å². The average Bonchev–Trinajstić information content (AvgIpc) is 2.95. The Kier molecular flexibility index (Phi) is 9.63. The number of benzene rings is 4. The van der Waals surface area contributed by atoms with Gasteiger partial charge in [0.15, 0.2) is 6.54 Å². The summed E-state index contributed by atoms with van der Waals surface area (Å²) in [6.45, 7) is 2.09. The quantitative estimate of drug-likeness (QED) is 0.121. The SMILES string of the molecule is CCOS(=O)(=O)[O-].Clc1ccc(C[n+]2c(-c3ccccc3)cc(-c3ccccc3)cc2-c2ccccc2)cc1. The molecule has 0 unspecified atom stereocenters. The van der Waals surface area contributed by atoms with E-state index < -0.39 is 10.4 Å². The summed E-state index contributed by atoms with van der Waals surface area (Å²) in [5.74, 6) is 0. The van der Waals surface area contributed by atoms with Gasteiger partial charge in [-0.2, -0.15) is 4.57 Å². The van der Waals surface area contributed by atoms with Gasteiger partial charge in [0, 0.05) is 33.8 Å². The van der Waals surface area contributed by atoms with Crippen molar-refractivity contribution in [2.75, 3.05) is 6.61 Å². The highest BCUT2D eigenvalue weighted by Crippen LogP contribution is 2.29. The summed E-state index contributed by atoms with van der Waals surface area (Å²) < 4.78 is 34.4. The Morgan fingerprint density at radius 3 is 1.49 bits per heavy atom. The standard InChI is InChI=1S/C30H23ClN.C2H6O4S/c31-28-18-16-23(17-19-28)22-32-29(25-12-6-2-7-13-25)20-27(24-10-4-1-5-11-24)21-30(32)26-14-8-3-9-15-26;1-2-6-7(3,4)5/h1-21H,22H2;2H2,1H3,(H,3,4,5)/q+1;/p-1. The maximum Gasteiger partial charge on any atom is 0.217 e. The molecule has 0 aliphatic rings. The van der Waals surface area contributed by atoms with E-state index in [0.29, 0.717) is 0 Å². The zero-order chi connectivity index (χ0) is 27.7. The first-order chi connectivity index (χ1) is 18.8. The molecule has 1 aromatic heterocycles. The molecule has 4 aromatic carbocycles. The molecule has 39 heavy (non-hydrogen) atoms. The zero-order valence-corrected chi connectivity index (χ0v) is 23.0. The molecule has 0 saturated carbocycles. The highest BCUT2D eigenvalue weighted by atomic mass is 35.5. The summed E-state index contributed by atoms with van der Waals surface area (Å²) >= 11 is 6.15. The highest BCUT2D eigenvalue weighted by Gasteiger charge is 2.23. The number of halogens is 1. The fraction of sp³-hybridized carbons (Fsp3) is 0.0938. The Bertz CT molecular complexity index is 1530. The molecule has 0 atom stereocenters. The summed E-state index contributed by atoms with van der Waals surface area (Å²) in [5.41, 5.74) is 8.37. The molecule has 1 heterocycles. The summed E-state index contributed by atoms with van der Waals surface area (Å²) in [6, 6.07) is 44.5. The van der Waals surface area contributed by atoms with Crippen LogP contribution in [0.5, 0.6) is 0 Å². The van der Waals surface area contributed by atoms with Gasteiger partial charge in [0.1, 0.15) is 0 Å². The summed E-state index contributed by atoms with van der Waals surface area (Å²) in [5, 5.41) is 0.754. The third-order valence-electron chi connectivity index (χ3n) is 5.93. The van der Waals surface area contributed by atoms with E-state index >= 15 is 0 Å². The molecule has 5 aromatic rings. The number of aromatic nitrogens is 1. The van der Waals surface area contributed by atoms with Crippen LogP contribution in [0.4, 0.5) is 0 Å². The minimum atomic E-state index is -4.42. The largest absolute Gasteiger partial charge is 0.726 e. The second-order valence-electron chi connectivity index (χ2n) is 8.64. The van der Waals surface area contributed by atoms with E-state index in [4.69, 9.17) is 11.6 Å². The van der Waals surface area contributed by atoms with Gasteiger partial charge in [0.25, 0.3) is 0 Å². The first-order valence-corrected chi connectivity index (χ1v) is 14.1. The number of hydrogen-bond acceptors (Lipinski definition) is 4. The Morgan fingerprint density at radius 2 is 1.10 bits per heavy atom. The molecule has 0 amide bonds. The van der Waals surface area contributed by atoms with Crippen LogP contribution in [0.3, 0.4) is 0 Å². The summed E-state index contributed by atoms with van der Waals surface area (Å²) in [6.07, 6.45) is 0. The van der Waals surface area contributed by atoms with Crippen molar-refractivity contribution in [2.24, 2.45) is 0 Å². The zero-order valence-electron chi connectivity index (χ0n) is 21.4. The molecule has 0 N–H and O–H groups in total. The average molecular weight is 558 g/mol. The predicted octanol–water partition coefficient (Wildman–Crippen LogP) is 7.16. The van der Waals surface area contributed by atoms with Crippen molar-refractivity contribution in [1.82, 2.24) is 0 Å². The molecule has 0 saturated heterocycles. The van der Waals surface area contributed by atoms with Crippen molar-refractivity contribution in [1.29, 1.82) is 0 Å². The van der Waals surface area contributed by atoms with Crippen molar-refractivity contribution in [3.8, 4) is 33.6 Å². The molecule has 198 valence electrons. The maximum absolute atomic E-state index is 9.45. The lowest BCUT2D eigenvalue weighted by Gasteiger charge is -2.13. The van der Waals surface area contributed by atoms with Gasteiger partial charge >= 0.3 is 0 Å². The summed E-state index contributed by atoms with van der Waals surface area (Å²) in [7, 11) is -4.42. The minimum absolute atomic E-state index is 0.0914. The molecule has 0 fully saturated rings. The molecule has 0 radical (unpaired) electrons. The van der Waals surface area contributed by atoms with Gasteiger partial charge in [-0.3, -0.25) is 4.18 Å². The lowest BCUT2D eigenvalue weighted by Crippen LogP contribution is -2.39. The van der Waals surface area contributed by atoms with Gasteiger partial charge < -0.3 is 4.55 Å². The van der Waals surface area contributed by atoms with Crippen LogP contribution >= 0.6 is 11.6 Å². The van der Waals surface area contributed by atoms with E-state index in [9.17, 15) is 13.0 Å². The van der Waals surface area contributed by atoms with E-state index in [1.165, 1.54) is 46.1 Å². The van der Waals surface area contributed by atoms with Gasteiger partial charge in [-0.1, -0.05) is 90.5 Å². The highest BCUT2D eigenvalue weighted by molar-refractivity contribution is 7.80. The van der Waals surface area contributed by atoms with Crippen LogP contribution in [0.1, 0.15) is 12.5 Å². The third-order valence-corrected chi connectivity index (χ3v) is 6.70. The van der Waals surface area contributed by atoms with Gasteiger partial charge in [0.2, 0.25) is 21.8 Å². The first kappa shape index (κ1) is 28.2. The first-order valence-electron chi connectivity index (χ1n) is 12.4. The molecule has 0 bridgehead atoms. The Morgan fingerprint density at radius 1 is 0.667 bits per heavy atom. The van der Waals surface area contributed by atoms with Crippen LogP contribution in [0.15, 0.2) is 127 Å². The van der Waals surface area contributed by atoms with Crippen molar-refractivity contribution in [2.45, 2.75) is 13.5 Å². The molecule has 0 spiro atoms. The van der Waals surface area contributed by atoms with Crippen molar-refractivity contribution < 1.29 is 21.7 Å². The van der Waals surface area contributed by atoms with Crippen LogP contribution in [-0.4, -0.2) is 19.6 Å². The molecule has 0 aliphatic carbocycles. The normalized spacial score (nSPS) is 10.9. The molecule has 7 heteroatoms. The van der Waals surface area contributed by atoms with Crippen LogP contribution in [0.25, 0.3) is 33.6 Å². The molecule has 0 aliphatic heterocycles. The van der Waals surface area contributed by atoms with Gasteiger partial charge in [-0.25, -0.2) is 8.42 Å². The minimum Gasteiger partial charge on any atom is -0.726 e. The smallest absolute Gasteiger partial charge is 0.217 e. The molecule has 5 nitrogen and oxygen atoms in total. The number of rotatable bonds is 7. The van der Waals surface area contributed by atoms with Gasteiger partial charge in [0.05, 0.1) is 6.61 Å². The van der Waals surface area contributed by atoms with Crippen LogP contribution < -0.4 is 4.57 Å². The van der Waals surface area contributed by atoms with E-state index in [0.717, 1.165) is 11.6 Å². The molecule has 5 rings (SSSR count). The third kappa shape index (κ3) is 8.09. The van der Waals surface area contributed by atoms with Crippen LogP contribution in [0, 0.1) is 0 Å². The van der Waals surface area contributed by atoms with Gasteiger partial charge in [-0.05, 0) is 54.4 Å². The van der Waals surface area contributed by atoms with Crippen LogP contribution in [0.2, 0.25) is 5.02 Å². The van der Waals surface area contributed by atoms with Crippen molar-refractivity contribution in [3.63, 3.8) is 0 Å². The summed E-state index contributed by atoms with van der Waals surface area (Å²) in [4.78, 5) is 0. The van der Waals surface area contributed by atoms with Crippen LogP contribution in [-0.2, 0) is 21.1 Å². The van der Waals surface area contributed by atoms with Crippen molar-refractivity contribution in [3.05, 3.63) is 138 Å².